The average molecular weight is 282 g/mol. The highest BCUT2D eigenvalue weighted by Crippen LogP contribution is 2.19. The van der Waals surface area contributed by atoms with E-state index < -0.39 is 0 Å². The van der Waals surface area contributed by atoms with Gasteiger partial charge in [-0.15, -0.1) is 0 Å². The van der Waals surface area contributed by atoms with Crippen molar-refractivity contribution in [3.8, 4) is 5.75 Å². The van der Waals surface area contributed by atoms with Gasteiger partial charge in [0.25, 0.3) is 0 Å². The van der Waals surface area contributed by atoms with Gasteiger partial charge in [-0.1, -0.05) is 21.1 Å². The molecule has 84 valence electrons. The normalized spacial score (nSPS) is 10.4. The van der Waals surface area contributed by atoms with E-state index in [1.807, 2.05) is 38.1 Å². The molecule has 0 radical (unpaired) electrons. The Hall–Kier alpha value is -1.29. The molecule has 2 aromatic rings. The minimum Gasteiger partial charge on any atom is -0.489 e. The van der Waals surface area contributed by atoms with E-state index in [9.17, 15) is 0 Å². The van der Waals surface area contributed by atoms with Crippen molar-refractivity contribution < 1.29 is 9.26 Å². The molecule has 0 aliphatic rings. The van der Waals surface area contributed by atoms with Crippen molar-refractivity contribution in [3.63, 3.8) is 0 Å². The van der Waals surface area contributed by atoms with Crippen LogP contribution in [0, 0.1) is 13.8 Å². The number of rotatable bonds is 3. The van der Waals surface area contributed by atoms with Gasteiger partial charge < -0.3 is 9.26 Å². The van der Waals surface area contributed by atoms with Gasteiger partial charge in [-0.3, -0.25) is 0 Å². The Labute approximate surface area is 103 Å². The fourth-order valence-electron chi connectivity index (χ4n) is 1.39. The van der Waals surface area contributed by atoms with Gasteiger partial charge >= 0.3 is 0 Å². The highest BCUT2D eigenvalue weighted by molar-refractivity contribution is 9.10. The summed E-state index contributed by atoms with van der Waals surface area (Å²) in [5.74, 6) is 1.65. The summed E-state index contributed by atoms with van der Waals surface area (Å²) in [4.78, 5) is 0. The first-order valence-corrected chi connectivity index (χ1v) is 5.76. The number of aromatic nitrogens is 1. The van der Waals surface area contributed by atoms with E-state index in [2.05, 4.69) is 21.1 Å². The van der Waals surface area contributed by atoms with Crippen LogP contribution in [0.15, 0.2) is 33.3 Å². The fraction of sp³-hybridized carbons (Fsp3) is 0.250. The Bertz CT molecular complexity index is 457. The van der Waals surface area contributed by atoms with E-state index in [4.69, 9.17) is 9.26 Å². The molecule has 0 saturated heterocycles. The van der Waals surface area contributed by atoms with Gasteiger partial charge in [-0.05, 0) is 38.1 Å². The Kier molecular flexibility index (Phi) is 3.29. The number of halogens is 1. The first-order chi connectivity index (χ1) is 7.66. The zero-order valence-corrected chi connectivity index (χ0v) is 10.7. The van der Waals surface area contributed by atoms with Crippen molar-refractivity contribution in [3.05, 3.63) is 45.8 Å². The molecular formula is C12H12BrNO2. The van der Waals surface area contributed by atoms with E-state index in [1.54, 1.807) is 0 Å². The third kappa shape index (κ3) is 2.44. The minimum atomic E-state index is 0.489. The maximum atomic E-state index is 5.65. The minimum absolute atomic E-state index is 0.489. The van der Waals surface area contributed by atoms with Gasteiger partial charge in [0.15, 0.2) is 0 Å². The molecule has 0 spiro atoms. The first kappa shape index (κ1) is 11.2. The third-order valence-electron chi connectivity index (χ3n) is 2.38. The topological polar surface area (TPSA) is 35.3 Å². The first-order valence-electron chi connectivity index (χ1n) is 4.97. The standard InChI is InChI=1S/C12H12BrNO2/c1-8-12(9(2)16-14-8)7-15-11-5-3-10(13)4-6-11/h3-6H,7H2,1-2H3. The van der Waals surface area contributed by atoms with Crippen molar-refractivity contribution >= 4 is 15.9 Å². The Morgan fingerprint density at radius 3 is 2.50 bits per heavy atom. The molecule has 0 bridgehead atoms. The molecule has 0 N–H and O–H groups in total. The van der Waals surface area contributed by atoms with Crippen molar-refractivity contribution in [2.45, 2.75) is 20.5 Å². The predicted octanol–water partition coefficient (Wildman–Crippen LogP) is 3.63. The largest absolute Gasteiger partial charge is 0.489 e. The second-order valence-corrected chi connectivity index (χ2v) is 4.46. The van der Waals surface area contributed by atoms with Crippen LogP contribution in [0.4, 0.5) is 0 Å². The SMILES string of the molecule is Cc1noc(C)c1COc1ccc(Br)cc1. The lowest BCUT2D eigenvalue weighted by molar-refractivity contribution is 0.301. The lowest BCUT2D eigenvalue weighted by Crippen LogP contribution is -1.97. The van der Waals surface area contributed by atoms with E-state index in [0.717, 1.165) is 27.2 Å². The summed E-state index contributed by atoms with van der Waals surface area (Å²) >= 11 is 3.38. The molecule has 0 atom stereocenters. The fourth-order valence-corrected chi connectivity index (χ4v) is 1.66. The van der Waals surface area contributed by atoms with Gasteiger partial charge in [0.1, 0.15) is 18.1 Å². The van der Waals surface area contributed by atoms with Crippen LogP contribution >= 0.6 is 15.9 Å². The molecular weight excluding hydrogens is 270 g/mol. The molecule has 1 aromatic carbocycles. The van der Waals surface area contributed by atoms with Gasteiger partial charge in [-0.2, -0.15) is 0 Å². The maximum absolute atomic E-state index is 5.65. The number of benzene rings is 1. The molecule has 1 aromatic heterocycles. The summed E-state index contributed by atoms with van der Waals surface area (Å²) in [5, 5.41) is 3.88. The van der Waals surface area contributed by atoms with E-state index in [-0.39, 0.29) is 0 Å². The van der Waals surface area contributed by atoms with Crippen LogP contribution in [0.5, 0.6) is 5.75 Å². The summed E-state index contributed by atoms with van der Waals surface area (Å²) in [6.07, 6.45) is 0. The molecule has 4 heteroatoms. The third-order valence-corrected chi connectivity index (χ3v) is 2.91. The van der Waals surface area contributed by atoms with Crippen LogP contribution in [-0.4, -0.2) is 5.16 Å². The second-order valence-electron chi connectivity index (χ2n) is 3.55. The molecule has 0 aliphatic carbocycles. The summed E-state index contributed by atoms with van der Waals surface area (Å²) in [6, 6.07) is 7.73. The van der Waals surface area contributed by atoms with Gasteiger partial charge in [0.2, 0.25) is 0 Å². The smallest absolute Gasteiger partial charge is 0.140 e. The van der Waals surface area contributed by atoms with Crippen LogP contribution in [0.25, 0.3) is 0 Å². The highest BCUT2D eigenvalue weighted by Gasteiger charge is 2.09. The highest BCUT2D eigenvalue weighted by atomic mass is 79.9. The Morgan fingerprint density at radius 2 is 1.94 bits per heavy atom. The lowest BCUT2D eigenvalue weighted by Gasteiger charge is -2.05. The van der Waals surface area contributed by atoms with Crippen LogP contribution in [-0.2, 0) is 6.61 Å². The summed E-state index contributed by atoms with van der Waals surface area (Å²) in [5.41, 5.74) is 1.90. The zero-order chi connectivity index (χ0) is 11.5. The molecule has 16 heavy (non-hydrogen) atoms. The van der Waals surface area contributed by atoms with Crippen molar-refractivity contribution in [2.75, 3.05) is 0 Å². The molecule has 0 saturated carbocycles. The van der Waals surface area contributed by atoms with E-state index in [0.29, 0.717) is 6.61 Å². The molecule has 0 aliphatic heterocycles. The second kappa shape index (κ2) is 4.70. The Morgan fingerprint density at radius 1 is 1.25 bits per heavy atom. The Balaban J connectivity index is 2.05. The van der Waals surface area contributed by atoms with Crippen LogP contribution in [0.2, 0.25) is 0 Å². The lowest BCUT2D eigenvalue weighted by atomic mass is 10.2. The number of hydrogen-bond donors (Lipinski definition) is 0. The summed E-state index contributed by atoms with van der Waals surface area (Å²) < 4.78 is 11.8. The van der Waals surface area contributed by atoms with Crippen LogP contribution < -0.4 is 4.74 Å². The monoisotopic (exact) mass is 281 g/mol. The van der Waals surface area contributed by atoms with Gasteiger partial charge in [0.05, 0.1) is 11.3 Å². The quantitative estimate of drug-likeness (QED) is 0.862. The summed E-state index contributed by atoms with van der Waals surface area (Å²) in [7, 11) is 0. The molecule has 3 nitrogen and oxygen atoms in total. The maximum Gasteiger partial charge on any atom is 0.140 e. The van der Waals surface area contributed by atoms with Gasteiger partial charge in [-0.25, -0.2) is 0 Å². The predicted molar refractivity (Wildman–Crippen MR) is 64.5 cm³/mol. The van der Waals surface area contributed by atoms with Crippen LogP contribution in [0.3, 0.4) is 0 Å². The van der Waals surface area contributed by atoms with E-state index >= 15 is 0 Å². The van der Waals surface area contributed by atoms with Gasteiger partial charge in [0, 0.05) is 4.47 Å². The number of hydrogen-bond acceptors (Lipinski definition) is 3. The molecule has 2 rings (SSSR count). The van der Waals surface area contributed by atoms with E-state index in [1.165, 1.54) is 0 Å². The zero-order valence-electron chi connectivity index (χ0n) is 9.16. The molecule has 1 heterocycles. The van der Waals surface area contributed by atoms with Crippen LogP contribution in [0.1, 0.15) is 17.0 Å². The van der Waals surface area contributed by atoms with Crippen molar-refractivity contribution in [1.29, 1.82) is 0 Å². The van der Waals surface area contributed by atoms with Crippen molar-refractivity contribution in [2.24, 2.45) is 0 Å². The number of aryl methyl sites for hydroxylation is 2. The molecule has 0 fully saturated rings. The number of nitrogens with zero attached hydrogens (tertiary/aromatic N) is 1. The molecule has 0 unspecified atom stereocenters. The average Bonchev–Trinajstić information content (AvgIpc) is 2.59. The van der Waals surface area contributed by atoms with Crippen molar-refractivity contribution in [1.82, 2.24) is 5.16 Å². The summed E-state index contributed by atoms with van der Waals surface area (Å²) in [6.45, 7) is 4.29. The molecule has 0 amide bonds. The number of ether oxygens (including phenoxy) is 1.